The highest BCUT2D eigenvalue weighted by Crippen LogP contribution is 2.16. The molecule has 2 unspecified atom stereocenters. The zero-order valence-electron chi connectivity index (χ0n) is 42.7. The van der Waals surface area contributed by atoms with Gasteiger partial charge in [-0.25, -0.2) is 4.79 Å². The van der Waals surface area contributed by atoms with Gasteiger partial charge in [-0.1, -0.05) is 196 Å². The Balaban J connectivity index is 4.23. The molecule has 0 aliphatic rings. The van der Waals surface area contributed by atoms with E-state index in [1.54, 1.807) is 0 Å². The van der Waals surface area contributed by atoms with Gasteiger partial charge in [-0.05, 0) is 77.0 Å². The molecule has 0 aromatic rings. The van der Waals surface area contributed by atoms with Crippen LogP contribution in [0.2, 0.25) is 0 Å². The van der Waals surface area contributed by atoms with Crippen LogP contribution in [0.3, 0.4) is 0 Å². The van der Waals surface area contributed by atoms with Crippen molar-refractivity contribution in [3.8, 4) is 0 Å². The summed E-state index contributed by atoms with van der Waals surface area (Å²) in [7, 11) is 5.53. The van der Waals surface area contributed by atoms with E-state index >= 15 is 0 Å². The zero-order valence-corrected chi connectivity index (χ0v) is 42.7. The second-order valence-electron chi connectivity index (χ2n) is 18.7. The van der Waals surface area contributed by atoms with Crippen molar-refractivity contribution in [1.82, 2.24) is 0 Å². The number of hydrogen-bond acceptors (Lipinski definition) is 6. The van der Waals surface area contributed by atoms with Crippen LogP contribution in [0.4, 0.5) is 0 Å². The number of esters is 2. The average molecular weight is 911 g/mol. The molecule has 0 aromatic carbocycles. The predicted octanol–water partition coefficient (Wildman–Crippen LogP) is 15.5. The molecule has 0 spiro atoms. The van der Waals surface area contributed by atoms with Gasteiger partial charge in [0.2, 0.25) is 0 Å². The Morgan fingerprint density at radius 3 is 1.20 bits per heavy atom. The molecule has 8 nitrogen and oxygen atoms in total. The first kappa shape index (κ1) is 61.8. The average Bonchev–Trinajstić information content (AvgIpc) is 3.27. The number of nitrogens with zero attached hydrogens (tertiary/aromatic N) is 1. The summed E-state index contributed by atoms with van der Waals surface area (Å²) in [6.45, 7) is 4.53. The highest BCUT2D eigenvalue weighted by Gasteiger charge is 2.31. The number of hydrogen-bond donors (Lipinski definition) is 1. The molecule has 0 fully saturated rings. The highest BCUT2D eigenvalue weighted by molar-refractivity contribution is 5.72. The molecule has 0 aromatic heterocycles. The Morgan fingerprint density at radius 1 is 0.462 bits per heavy atom. The Morgan fingerprint density at radius 2 is 0.815 bits per heavy atom. The maximum absolute atomic E-state index is 12.8. The van der Waals surface area contributed by atoms with Gasteiger partial charge in [-0.2, -0.15) is 0 Å². The van der Waals surface area contributed by atoms with Crippen LogP contribution in [0.25, 0.3) is 0 Å². The van der Waals surface area contributed by atoms with Crippen molar-refractivity contribution in [2.75, 3.05) is 41.0 Å². The number of rotatable bonds is 47. The molecular weight excluding hydrogens is 811 g/mol. The maximum Gasteiger partial charge on any atom is 0.362 e. The summed E-state index contributed by atoms with van der Waals surface area (Å²) in [5, 5.41) is 9.66. The van der Waals surface area contributed by atoms with E-state index in [1.165, 1.54) is 96.3 Å². The lowest BCUT2D eigenvalue weighted by Crippen LogP contribution is -2.50. The summed E-state index contributed by atoms with van der Waals surface area (Å²) in [4.78, 5) is 37.2. The van der Waals surface area contributed by atoms with Crippen LogP contribution < -0.4 is 0 Å². The third-order valence-corrected chi connectivity index (χ3v) is 11.6. The van der Waals surface area contributed by atoms with Crippen LogP contribution in [0.1, 0.15) is 219 Å². The smallest absolute Gasteiger partial charge is 0.362 e. The number of quaternary nitrogens is 1. The van der Waals surface area contributed by atoms with Crippen LogP contribution in [0.15, 0.2) is 72.9 Å². The van der Waals surface area contributed by atoms with E-state index < -0.39 is 18.1 Å². The van der Waals surface area contributed by atoms with E-state index in [0.29, 0.717) is 19.3 Å². The molecule has 374 valence electrons. The Labute approximate surface area is 400 Å². The molecule has 0 radical (unpaired) electrons. The molecule has 0 aliphatic carbocycles. The Hall–Kier alpha value is -3.23. The molecule has 2 atom stereocenters. The number of carbonyl (C=O) groups is 3. The summed E-state index contributed by atoms with van der Waals surface area (Å²) in [5.74, 6) is -1.48. The first-order valence-corrected chi connectivity index (χ1v) is 26.5. The van der Waals surface area contributed by atoms with E-state index in [4.69, 9.17) is 14.2 Å². The maximum atomic E-state index is 12.8. The van der Waals surface area contributed by atoms with Gasteiger partial charge in [0.05, 0.1) is 34.4 Å². The number of allylic oxidation sites excluding steroid dienone is 12. The molecule has 1 N–H and O–H groups in total. The fourth-order valence-electron chi connectivity index (χ4n) is 7.59. The van der Waals surface area contributed by atoms with E-state index in [-0.39, 0.29) is 36.2 Å². The lowest BCUT2D eigenvalue weighted by molar-refractivity contribution is -0.887. The lowest BCUT2D eigenvalue weighted by Gasteiger charge is -2.31. The van der Waals surface area contributed by atoms with E-state index in [9.17, 15) is 19.5 Å². The Kier molecular flexibility index (Phi) is 44.9. The van der Waals surface area contributed by atoms with Gasteiger partial charge in [-0.3, -0.25) is 9.59 Å². The van der Waals surface area contributed by atoms with Crippen molar-refractivity contribution in [1.29, 1.82) is 0 Å². The number of ether oxygens (including phenoxy) is 3. The van der Waals surface area contributed by atoms with Crippen molar-refractivity contribution in [3.63, 3.8) is 0 Å². The summed E-state index contributed by atoms with van der Waals surface area (Å²) in [6.07, 6.45) is 61.0. The van der Waals surface area contributed by atoms with Crippen LogP contribution in [-0.2, 0) is 28.6 Å². The first-order valence-electron chi connectivity index (χ1n) is 26.5. The van der Waals surface area contributed by atoms with Crippen molar-refractivity contribution in [2.45, 2.75) is 231 Å². The zero-order chi connectivity index (χ0) is 47.7. The summed E-state index contributed by atoms with van der Waals surface area (Å²) in [5.41, 5.74) is 0. The molecule has 8 heteroatoms. The first-order chi connectivity index (χ1) is 31.6. The van der Waals surface area contributed by atoms with Gasteiger partial charge in [0.1, 0.15) is 6.61 Å². The summed E-state index contributed by atoms with van der Waals surface area (Å²) >= 11 is 0. The molecule has 0 saturated heterocycles. The van der Waals surface area contributed by atoms with E-state index in [2.05, 4.69) is 86.8 Å². The van der Waals surface area contributed by atoms with Crippen molar-refractivity contribution >= 4 is 17.9 Å². The normalized spacial score (nSPS) is 13.4. The van der Waals surface area contributed by atoms with Crippen LogP contribution in [0, 0.1) is 0 Å². The molecule has 0 amide bonds. The minimum absolute atomic E-state index is 0.0548. The molecule has 0 rings (SSSR count). The lowest BCUT2D eigenvalue weighted by atomic mass is 10.0. The third kappa shape index (κ3) is 45.7. The monoisotopic (exact) mass is 911 g/mol. The van der Waals surface area contributed by atoms with Gasteiger partial charge in [0, 0.05) is 19.3 Å². The largest absolute Gasteiger partial charge is 0.477 e. The minimum Gasteiger partial charge on any atom is -0.477 e. The minimum atomic E-state index is -0.877. The van der Waals surface area contributed by atoms with E-state index in [1.807, 2.05) is 21.1 Å². The molecular formula is C57H100NO7+. The van der Waals surface area contributed by atoms with Gasteiger partial charge in [0.15, 0.2) is 12.1 Å². The topological polar surface area (TPSA) is 99.1 Å². The van der Waals surface area contributed by atoms with E-state index in [0.717, 1.165) is 89.9 Å². The standard InChI is InChI=1S/C57H99NO7/c1-6-8-10-12-14-16-18-20-22-24-26-28-30-31-33-35-37-39-41-43-45-47-55(59)64-52-53(51-63-50-49-54(57(61)62)58(3,4)5)65-56(60)48-46-44-42-40-38-36-34-32-29-27-25-23-21-19-17-15-13-11-9-7-2/h8-11,14-17,21,23,27,29,53-54H,6-7,12-13,18-20,22,24-26,28,30-52H2,1-5H3/p+1/b10-8+,11-9+,16-14+,17-15+,23-21+,29-27+. The third-order valence-electron chi connectivity index (χ3n) is 11.6. The van der Waals surface area contributed by atoms with Gasteiger partial charge >= 0.3 is 17.9 Å². The van der Waals surface area contributed by atoms with Crippen molar-refractivity contribution in [2.24, 2.45) is 0 Å². The quantitative estimate of drug-likeness (QED) is 0.0281. The molecule has 0 heterocycles. The molecule has 0 aliphatic heterocycles. The SMILES string of the molecule is CC/C=C/C/C=C/C/C=C/C/C=C/CCCCCCCCCC(=O)OC(COCCC(C(=O)O)[N+](C)(C)C)COC(=O)CCCCCCCCCCCCCCCC/C=C/C/C=C/CC. The highest BCUT2D eigenvalue weighted by atomic mass is 16.6. The van der Waals surface area contributed by atoms with Crippen LogP contribution in [0.5, 0.6) is 0 Å². The number of carbonyl (C=O) groups excluding carboxylic acids is 2. The number of likely N-dealkylation sites (N-methyl/N-ethyl adjacent to an activating group) is 1. The summed E-state index contributed by atoms with van der Waals surface area (Å²) < 4.78 is 17.4. The summed E-state index contributed by atoms with van der Waals surface area (Å²) in [6, 6.07) is -0.620. The van der Waals surface area contributed by atoms with Crippen molar-refractivity contribution < 1.29 is 38.2 Å². The van der Waals surface area contributed by atoms with Gasteiger partial charge in [0.25, 0.3) is 0 Å². The number of carboxylic acids is 1. The Bertz CT molecular complexity index is 1290. The number of aliphatic carboxylic acids is 1. The fourth-order valence-corrected chi connectivity index (χ4v) is 7.59. The number of carboxylic acid groups (broad SMARTS) is 1. The van der Waals surface area contributed by atoms with Gasteiger partial charge in [-0.15, -0.1) is 0 Å². The fraction of sp³-hybridized carbons (Fsp3) is 0.737. The van der Waals surface area contributed by atoms with Crippen molar-refractivity contribution in [3.05, 3.63) is 72.9 Å². The molecule has 65 heavy (non-hydrogen) atoms. The number of unbranched alkanes of at least 4 members (excludes halogenated alkanes) is 21. The van der Waals surface area contributed by atoms with Crippen LogP contribution in [-0.4, -0.2) is 80.6 Å². The second kappa shape index (κ2) is 47.3. The molecule has 0 saturated carbocycles. The predicted molar refractivity (Wildman–Crippen MR) is 275 cm³/mol. The van der Waals surface area contributed by atoms with Crippen LogP contribution >= 0.6 is 0 Å². The molecule has 0 bridgehead atoms. The second-order valence-corrected chi connectivity index (χ2v) is 18.7. The van der Waals surface area contributed by atoms with Gasteiger partial charge < -0.3 is 23.8 Å².